The minimum Gasteiger partial charge on any atom is -0.398 e. The van der Waals surface area contributed by atoms with Gasteiger partial charge >= 0.3 is 7.12 Å². The summed E-state index contributed by atoms with van der Waals surface area (Å²) in [6, 6.07) is 3.88. The second kappa shape index (κ2) is 5.02. The van der Waals surface area contributed by atoms with Gasteiger partial charge < -0.3 is 19.9 Å². The molecule has 20 heavy (non-hydrogen) atoms. The molecule has 1 aromatic heterocycles. The summed E-state index contributed by atoms with van der Waals surface area (Å²) < 4.78 is 12.0. The van der Waals surface area contributed by atoms with Gasteiger partial charge in [-0.1, -0.05) is 0 Å². The number of nitrogens with zero attached hydrogens (tertiary/aromatic N) is 2. The monoisotopic (exact) mass is 277 g/mol. The SMILES string of the molecule is CN(C)Cc1cc(N)nc(B2OC(C)(C)C(C)(C)O2)c1. The lowest BCUT2D eigenvalue weighted by Gasteiger charge is -2.32. The van der Waals surface area contributed by atoms with Gasteiger partial charge in [-0.15, -0.1) is 0 Å². The van der Waals surface area contributed by atoms with Crippen molar-refractivity contribution in [1.82, 2.24) is 9.88 Å². The Morgan fingerprint density at radius 2 is 1.70 bits per heavy atom. The molecule has 1 fully saturated rings. The molecule has 2 heterocycles. The van der Waals surface area contributed by atoms with Crippen molar-refractivity contribution < 1.29 is 9.31 Å². The standard InChI is InChI=1S/C14H24BN3O2/c1-13(2)14(3,4)20-15(19-13)11-7-10(9-18(5)6)8-12(16)17-11/h7-8H,9H2,1-6H3,(H2,16,17). The summed E-state index contributed by atoms with van der Waals surface area (Å²) in [4.78, 5) is 6.45. The molecule has 0 radical (unpaired) electrons. The molecule has 1 aromatic rings. The zero-order chi connectivity index (χ0) is 15.1. The lowest BCUT2D eigenvalue weighted by molar-refractivity contribution is 0.00578. The van der Waals surface area contributed by atoms with Crippen molar-refractivity contribution in [1.29, 1.82) is 0 Å². The maximum Gasteiger partial charge on any atom is 0.514 e. The van der Waals surface area contributed by atoms with Crippen LogP contribution in [0.3, 0.4) is 0 Å². The molecule has 2 rings (SSSR count). The maximum absolute atomic E-state index is 6.01. The van der Waals surface area contributed by atoms with Crippen LogP contribution in [0.15, 0.2) is 12.1 Å². The molecule has 1 aliphatic rings. The summed E-state index contributed by atoms with van der Waals surface area (Å²) in [5, 5.41) is 0. The van der Waals surface area contributed by atoms with Crippen LogP contribution >= 0.6 is 0 Å². The highest BCUT2D eigenvalue weighted by atomic mass is 16.7. The quantitative estimate of drug-likeness (QED) is 0.836. The predicted octanol–water partition coefficient (Wildman–Crippen LogP) is 1.02. The van der Waals surface area contributed by atoms with Gasteiger partial charge in [0.25, 0.3) is 0 Å². The number of hydrogen-bond acceptors (Lipinski definition) is 5. The summed E-state index contributed by atoms with van der Waals surface area (Å²) in [5.41, 5.74) is 7.00. The van der Waals surface area contributed by atoms with Gasteiger partial charge in [0.1, 0.15) is 5.82 Å². The molecule has 110 valence electrons. The van der Waals surface area contributed by atoms with Gasteiger partial charge in [-0.25, -0.2) is 4.98 Å². The van der Waals surface area contributed by atoms with Gasteiger partial charge in [0, 0.05) is 6.54 Å². The third-order valence-electron chi connectivity index (χ3n) is 3.92. The Morgan fingerprint density at radius 1 is 1.15 bits per heavy atom. The normalized spacial score (nSPS) is 20.6. The first-order chi connectivity index (χ1) is 9.10. The fraction of sp³-hybridized carbons (Fsp3) is 0.643. The number of anilines is 1. The molecule has 0 aliphatic carbocycles. The lowest BCUT2D eigenvalue weighted by Crippen LogP contribution is -2.41. The van der Waals surface area contributed by atoms with Crippen LogP contribution in [-0.4, -0.2) is 42.3 Å². The molecule has 0 unspecified atom stereocenters. The van der Waals surface area contributed by atoms with E-state index in [2.05, 4.69) is 9.88 Å². The van der Waals surface area contributed by atoms with Crippen molar-refractivity contribution in [2.45, 2.75) is 45.4 Å². The molecule has 2 N–H and O–H groups in total. The molecule has 0 bridgehead atoms. The Kier molecular flexibility index (Phi) is 3.84. The maximum atomic E-state index is 6.01. The van der Waals surface area contributed by atoms with Crippen LogP contribution < -0.4 is 11.3 Å². The highest BCUT2D eigenvalue weighted by Crippen LogP contribution is 2.36. The lowest BCUT2D eigenvalue weighted by atomic mass is 9.83. The zero-order valence-corrected chi connectivity index (χ0v) is 13.2. The van der Waals surface area contributed by atoms with E-state index < -0.39 is 7.12 Å². The number of aromatic nitrogens is 1. The van der Waals surface area contributed by atoms with Crippen LogP contribution in [0.5, 0.6) is 0 Å². The van der Waals surface area contributed by atoms with Crippen LogP contribution in [-0.2, 0) is 15.9 Å². The first-order valence-corrected chi connectivity index (χ1v) is 6.87. The number of hydrogen-bond donors (Lipinski definition) is 1. The zero-order valence-electron chi connectivity index (χ0n) is 13.2. The summed E-state index contributed by atoms with van der Waals surface area (Å²) in [6.07, 6.45) is 0. The van der Waals surface area contributed by atoms with E-state index in [1.807, 2.05) is 53.9 Å². The molecule has 0 spiro atoms. The molecule has 1 aliphatic heterocycles. The van der Waals surface area contributed by atoms with Crippen LogP contribution in [0.4, 0.5) is 5.82 Å². The van der Waals surface area contributed by atoms with Crippen LogP contribution in [0, 0.1) is 0 Å². The average Bonchev–Trinajstić information content (AvgIpc) is 2.46. The van der Waals surface area contributed by atoms with Crippen molar-refractivity contribution >= 4 is 18.5 Å². The molecular formula is C14H24BN3O2. The van der Waals surface area contributed by atoms with Gasteiger partial charge in [0.15, 0.2) is 0 Å². The summed E-state index contributed by atoms with van der Waals surface area (Å²) in [6.45, 7) is 8.92. The van der Waals surface area contributed by atoms with E-state index >= 15 is 0 Å². The van der Waals surface area contributed by atoms with Gasteiger partial charge in [0.2, 0.25) is 0 Å². The average molecular weight is 277 g/mol. The Bertz CT molecular complexity index is 487. The van der Waals surface area contributed by atoms with Gasteiger partial charge in [-0.3, -0.25) is 0 Å². The van der Waals surface area contributed by atoms with E-state index in [0.717, 1.165) is 17.7 Å². The summed E-state index contributed by atoms with van der Waals surface area (Å²) in [7, 11) is 3.57. The molecule has 0 atom stereocenters. The van der Waals surface area contributed by atoms with E-state index in [1.54, 1.807) is 0 Å². The fourth-order valence-corrected chi connectivity index (χ4v) is 2.18. The minimum absolute atomic E-state index is 0.369. The third kappa shape index (κ3) is 2.97. The summed E-state index contributed by atoms with van der Waals surface area (Å²) in [5.74, 6) is 0.495. The second-order valence-electron chi connectivity index (χ2n) is 6.65. The molecule has 0 aromatic carbocycles. The van der Waals surface area contributed by atoms with E-state index in [1.165, 1.54) is 0 Å². The smallest absolute Gasteiger partial charge is 0.398 e. The highest BCUT2D eigenvalue weighted by molar-refractivity contribution is 6.61. The first-order valence-electron chi connectivity index (χ1n) is 6.87. The second-order valence-corrected chi connectivity index (χ2v) is 6.65. The molecule has 5 nitrogen and oxygen atoms in total. The van der Waals surface area contributed by atoms with Gasteiger partial charge in [-0.05, 0) is 59.5 Å². The topological polar surface area (TPSA) is 60.6 Å². The van der Waals surface area contributed by atoms with E-state index in [4.69, 9.17) is 15.0 Å². The Balaban J connectivity index is 2.28. The van der Waals surface area contributed by atoms with Crippen molar-refractivity contribution in [2.24, 2.45) is 0 Å². The van der Waals surface area contributed by atoms with Crippen LogP contribution in [0.1, 0.15) is 33.3 Å². The summed E-state index contributed by atoms with van der Waals surface area (Å²) >= 11 is 0. The van der Waals surface area contributed by atoms with Crippen molar-refractivity contribution in [3.05, 3.63) is 17.7 Å². The molecule has 0 saturated carbocycles. The minimum atomic E-state index is -0.468. The first kappa shape index (κ1) is 15.3. The van der Waals surface area contributed by atoms with Crippen molar-refractivity contribution in [3.8, 4) is 0 Å². The van der Waals surface area contributed by atoms with Gasteiger partial charge in [-0.2, -0.15) is 0 Å². The van der Waals surface area contributed by atoms with Crippen LogP contribution in [0.2, 0.25) is 0 Å². The predicted molar refractivity (Wildman–Crippen MR) is 81.8 cm³/mol. The van der Waals surface area contributed by atoms with Crippen molar-refractivity contribution in [3.63, 3.8) is 0 Å². The molecule has 6 heteroatoms. The molecule has 1 saturated heterocycles. The Hall–Kier alpha value is -1.11. The van der Waals surface area contributed by atoms with Crippen molar-refractivity contribution in [2.75, 3.05) is 19.8 Å². The van der Waals surface area contributed by atoms with Crippen LogP contribution in [0.25, 0.3) is 0 Å². The largest absolute Gasteiger partial charge is 0.514 e. The number of nitrogen functional groups attached to an aromatic ring is 1. The molecular weight excluding hydrogens is 253 g/mol. The number of pyridine rings is 1. The third-order valence-corrected chi connectivity index (χ3v) is 3.92. The highest BCUT2D eigenvalue weighted by Gasteiger charge is 2.52. The fourth-order valence-electron chi connectivity index (χ4n) is 2.18. The van der Waals surface area contributed by atoms with E-state index in [9.17, 15) is 0 Å². The Labute approximate surface area is 121 Å². The van der Waals surface area contributed by atoms with E-state index in [0.29, 0.717) is 5.82 Å². The number of rotatable bonds is 3. The number of nitrogens with two attached hydrogens (primary N) is 1. The Morgan fingerprint density at radius 3 is 2.20 bits per heavy atom. The van der Waals surface area contributed by atoms with E-state index in [-0.39, 0.29) is 11.2 Å². The molecule has 0 amide bonds. The van der Waals surface area contributed by atoms with Gasteiger partial charge in [0.05, 0.1) is 16.8 Å².